The first-order chi connectivity index (χ1) is 12.3. The number of carbonyl (C=O) groups is 2. The molecule has 0 N–H and O–H groups in total. The number of hydrogen-bond donors (Lipinski definition) is 0. The van der Waals surface area contributed by atoms with E-state index in [1.54, 1.807) is 0 Å². The number of allylic oxidation sites excluding steroid dienone is 2. The third kappa shape index (κ3) is 3.78. The largest absolute Gasteiger partial charge is 0.465 e. The van der Waals surface area contributed by atoms with Crippen LogP contribution in [0.3, 0.4) is 0 Å². The van der Waals surface area contributed by atoms with Crippen LogP contribution in [-0.2, 0) is 19.1 Å². The first-order valence-corrected chi connectivity index (χ1v) is 8.17. The number of nitrogens with zero attached hydrogens (tertiary/aromatic N) is 2. The highest BCUT2D eigenvalue weighted by Gasteiger charge is 2.30. The summed E-state index contributed by atoms with van der Waals surface area (Å²) in [6, 6.07) is 2.51. The molecule has 0 spiro atoms. The molecular weight excluding hydrogens is 432 g/mol. The number of halogens is 2. The lowest BCUT2D eigenvalue weighted by atomic mass is 10.1. The molecule has 0 fully saturated rings. The molecule has 0 saturated heterocycles. The van der Waals surface area contributed by atoms with E-state index in [0.717, 1.165) is 14.2 Å². The average molecular weight is 444 g/mol. The van der Waals surface area contributed by atoms with E-state index in [1.807, 2.05) is 0 Å². The first-order valence-electron chi connectivity index (χ1n) is 7.00. The van der Waals surface area contributed by atoms with Crippen LogP contribution in [0, 0.1) is 10.1 Å². The number of nitro groups is 1. The fourth-order valence-electron chi connectivity index (χ4n) is 2.20. The Labute approximate surface area is 161 Å². The Hall–Kier alpha value is -2.65. The van der Waals surface area contributed by atoms with Gasteiger partial charge in [-0.15, -0.1) is 0 Å². The minimum atomic E-state index is -0.844. The smallest absolute Gasteiger partial charge is 0.355 e. The van der Waals surface area contributed by atoms with Crippen LogP contribution in [0.5, 0.6) is 0 Å². The maximum Gasteiger partial charge on any atom is 0.355 e. The Bertz CT molecular complexity index is 878. The fraction of sp³-hybridized carbons (Fsp3) is 0.125. The average Bonchev–Trinajstić information content (AvgIpc) is 2.83. The molecule has 0 radical (unpaired) electrons. The maximum absolute atomic E-state index is 12.3. The monoisotopic (exact) mass is 442 g/mol. The molecule has 8 nitrogen and oxygen atoms in total. The Morgan fingerprint density at radius 1 is 1.19 bits per heavy atom. The van der Waals surface area contributed by atoms with Gasteiger partial charge in [0.25, 0.3) is 5.69 Å². The fourth-order valence-corrected chi connectivity index (χ4v) is 3.08. The number of ether oxygens (including phenoxy) is 2. The van der Waals surface area contributed by atoms with Crippen LogP contribution in [0.4, 0.5) is 11.4 Å². The minimum absolute atomic E-state index is 0.0917. The van der Waals surface area contributed by atoms with Gasteiger partial charge in [0.2, 0.25) is 0 Å². The molecule has 1 aliphatic heterocycles. The van der Waals surface area contributed by atoms with E-state index in [2.05, 4.69) is 15.9 Å². The van der Waals surface area contributed by atoms with E-state index in [0.29, 0.717) is 0 Å². The molecule has 1 heterocycles. The summed E-state index contributed by atoms with van der Waals surface area (Å²) in [5.41, 5.74) is -0.434. The molecular formula is C16H12BrClN2O6. The number of hydrogen-bond acceptors (Lipinski definition) is 7. The van der Waals surface area contributed by atoms with E-state index in [4.69, 9.17) is 21.1 Å². The lowest BCUT2D eigenvalue weighted by molar-refractivity contribution is -0.385. The van der Waals surface area contributed by atoms with E-state index in [9.17, 15) is 19.7 Å². The zero-order valence-electron chi connectivity index (χ0n) is 13.6. The van der Waals surface area contributed by atoms with Gasteiger partial charge in [-0.3, -0.25) is 10.1 Å². The molecule has 0 atom stereocenters. The molecule has 0 amide bonds. The Morgan fingerprint density at radius 3 is 2.42 bits per heavy atom. The summed E-state index contributed by atoms with van der Waals surface area (Å²) in [6.07, 6.45) is 5.84. The van der Waals surface area contributed by atoms with E-state index in [1.165, 1.54) is 41.5 Å². The van der Waals surface area contributed by atoms with Gasteiger partial charge in [-0.1, -0.05) is 17.7 Å². The van der Waals surface area contributed by atoms with Gasteiger partial charge in [0.05, 0.1) is 39.9 Å². The van der Waals surface area contributed by atoms with Crippen molar-refractivity contribution in [3.8, 4) is 0 Å². The highest BCUT2D eigenvalue weighted by Crippen LogP contribution is 2.39. The lowest BCUT2D eigenvalue weighted by Gasteiger charge is -2.24. The number of carbonyl (C=O) groups excluding carboxylic acids is 2. The van der Waals surface area contributed by atoms with Crippen molar-refractivity contribution >= 4 is 50.8 Å². The quantitative estimate of drug-likeness (QED) is 0.399. The van der Waals surface area contributed by atoms with Crippen molar-refractivity contribution in [1.82, 2.24) is 0 Å². The highest BCUT2D eigenvalue weighted by atomic mass is 79.9. The molecule has 26 heavy (non-hydrogen) atoms. The molecule has 1 aromatic rings. The third-order valence-electron chi connectivity index (χ3n) is 3.36. The van der Waals surface area contributed by atoms with Gasteiger partial charge in [-0.25, -0.2) is 9.59 Å². The summed E-state index contributed by atoms with van der Waals surface area (Å²) in [6.45, 7) is 0. The molecule has 0 unspecified atom stereocenters. The molecule has 2 rings (SSSR count). The molecule has 1 aliphatic rings. The predicted octanol–water partition coefficient (Wildman–Crippen LogP) is 3.50. The van der Waals surface area contributed by atoms with Crippen LogP contribution < -0.4 is 4.90 Å². The molecule has 0 aromatic heterocycles. The van der Waals surface area contributed by atoms with Crippen LogP contribution in [0.25, 0.3) is 0 Å². The van der Waals surface area contributed by atoms with Gasteiger partial charge >= 0.3 is 11.9 Å². The van der Waals surface area contributed by atoms with Crippen molar-refractivity contribution < 1.29 is 24.0 Å². The van der Waals surface area contributed by atoms with E-state index < -0.39 is 16.9 Å². The van der Waals surface area contributed by atoms with Crippen LogP contribution in [0.2, 0.25) is 5.02 Å². The lowest BCUT2D eigenvalue weighted by Crippen LogP contribution is -2.27. The zero-order chi connectivity index (χ0) is 19.4. The number of rotatable bonds is 4. The molecule has 0 saturated carbocycles. The molecule has 10 heteroatoms. The number of esters is 2. The third-order valence-corrected chi connectivity index (χ3v) is 4.30. The number of benzene rings is 1. The second kappa shape index (κ2) is 8.15. The van der Waals surface area contributed by atoms with Gasteiger partial charge in [0, 0.05) is 12.3 Å². The SMILES string of the molecule is COC(=O)C1=C(C(=O)OC)N(c2cc([N+](=O)[O-])c(Br)cc2Cl)C=CC=C1. The topological polar surface area (TPSA) is 99.0 Å². The highest BCUT2D eigenvalue weighted by molar-refractivity contribution is 9.10. The minimum Gasteiger partial charge on any atom is -0.465 e. The van der Waals surface area contributed by atoms with Gasteiger partial charge in [-0.2, -0.15) is 0 Å². The van der Waals surface area contributed by atoms with Crippen molar-refractivity contribution in [2.75, 3.05) is 19.1 Å². The van der Waals surface area contributed by atoms with Crippen LogP contribution in [0.1, 0.15) is 0 Å². The summed E-state index contributed by atoms with van der Waals surface area (Å²) in [7, 11) is 2.31. The maximum atomic E-state index is 12.3. The molecule has 136 valence electrons. The number of nitro benzene ring substituents is 1. The van der Waals surface area contributed by atoms with Crippen molar-refractivity contribution in [2.24, 2.45) is 0 Å². The number of methoxy groups -OCH3 is 2. The zero-order valence-corrected chi connectivity index (χ0v) is 15.9. The second-order valence-electron chi connectivity index (χ2n) is 4.83. The Balaban J connectivity index is 2.77. The first kappa shape index (κ1) is 19.7. The normalized spacial score (nSPS) is 13.5. The Kier molecular flexibility index (Phi) is 6.17. The molecule has 0 aliphatic carbocycles. The summed E-state index contributed by atoms with van der Waals surface area (Å²) in [4.78, 5) is 36.3. The molecule has 1 aromatic carbocycles. The number of anilines is 1. The van der Waals surface area contributed by atoms with E-state index >= 15 is 0 Å². The van der Waals surface area contributed by atoms with Crippen LogP contribution in [0.15, 0.2) is 52.3 Å². The Morgan fingerprint density at radius 2 is 1.85 bits per heavy atom. The van der Waals surface area contributed by atoms with Crippen molar-refractivity contribution in [3.05, 3.63) is 67.4 Å². The van der Waals surface area contributed by atoms with Gasteiger partial charge in [0.1, 0.15) is 5.70 Å². The summed E-state index contributed by atoms with van der Waals surface area (Å²) in [5.74, 6) is -1.62. The van der Waals surface area contributed by atoms with E-state index in [-0.39, 0.29) is 32.1 Å². The second-order valence-corrected chi connectivity index (χ2v) is 6.09. The molecule has 0 bridgehead atoms. The van der Waals surface area contributed by atoms with Crippen LogP contribution >= 0.6 is 27.5 Å². The van der Waals surface area contributed by atoms with Crippen molar-refractivity contribution in [1.29, 1.82) is 0 Å². The van der Waals surface area contributed by atoms with Crippen molar-refractivity contribution in [3.63, 3.8) is 0 Å². The predicted molar refractivity (Wildman–Crippen MR) is 97.6 cm³/mol. The summed E-state index contributed by atoms with van der Waals surface area (Å²) >= 11 is 9.30. The standard InChI is InChI=1S/C16H12BrClN2O6/c1-25-15(21)9-5-3-4-6-19(14(9)16(22)26-2)13-8-12(20(23)24)10(17)7-11(13)18/h3-8H,1-2H3. The summed E-state index contributed by atoms with van der Waals surface area (Å²) < 4.78 is 9.64. The van der Waals surface area contributed by atoms with Gasteiger partial charge in [0.15, 0.2) is 0 Å². The van der Waals surface area contributed by atoms with Crippen molar-refractivity contribution in [2.45, 2.75) is 0 Å². The van der Waals surface area contributed by atoms with Gasteiger partial charge < -0.3 is 14.4 Å². The van der Waals surface area contributed by atoms with Crippen LogP contribution in [-0.4, -0.2) is 31.1 Å². The summed E-state index contributed by atoms with van der Waals surface area (Å²) in [5, 5.41) is 11.3. The van der Waals surface area contributed by atoms with Gasteiger partial charge in [-0.05, 0) is 34.1 Å².